The number of aromatic nitrogens is 3. The normalized spacial score (nSPS) is 17.4. The van der Waals surface area contributed by atoms with Crippen LogP contribution in [0.3, 0.4) is 0 Å². The molecule has 4 rings (SSSR count). The van der Waals surface area contributed by atoms with Crippen LogP contribution in [0.15, 0.2) is 42.7 Å². The standard InChI is InChI=1S/C18H16FN5O2/c1-11-14(10-21-15-6-7-22-24(11)15)18(26)23-9-8-20-17(25)16(23)12-2-4-13(19)5-3-12/h2-7,10,16H,8-9H2,1H3,(H,20,25)/t16-/m0/s1. The SMILES string of the molecule is Cc1c(C(=O)N2CCNC(=O)[C@@H]2c2ccc(F)cc2)cnc2ccnn12. The van der Waals surface area contributed by atoms with Gasteiger partial charge < -0.3 is 10.2 Å². The van der Waals surface area contributed by atoms with Gasteiger partial charge >= 0.3 is 0 Å². The van der Waals surface area contributed by atoms with Gasteiger partial charge in [0.05, 0.1) is 17.5 Å². The smallest absolute Gasteiger partial charge is 0.258 e. The monoisotopic (exact) mass is 353 g/mol. The number of aryl methyl sites for hydroxylation is 1. The van der Waals surface area contributed by atoms with E-state index in [0.717, 1.165) is 0 Å². The average Bonchev–Trinajstić information content (AvgIpc) is 3.12. The highest BCUT2D eigenvalue weighted by atomic mass is 19.1. The predicted molar refractivity (Wildman–Crippen MR) is 90.9 cm³/mol. The molecule has 1 aromatic carbocycles. The van der Waals surface area contributed by atoms with Gasteiger partial charge in [0.25, 0.3) is 5.91 Å². The van der Waals surface area contributed by atoms with Crippen LogP contribution < -0.4 is 5.32 Å². The molecule has 26 heavy (non-hydrogen) atoms. The van der Waals surface area contributed by atoms with Crippen molar-refractivity contribution in [2.75, 3.05) is 13.1 Å². The quantitative estimate of drug-likeness (QED) is 0.757. The lowest BCUT2D eigenvalue weighted by Crippen LogP contribution is -2.52. The van der Waals surface area contributed by atoms with E-state index in [4.69, 9.17) is 0 Å². The zero-order chi connectivity index (χ0) is 18.3. The molecule has 2 amide bonds. The van der Waals surface area contributed by atoms with E-state index >= 15 is 0 Å². The molecular weight excluding hydrogens is 337 g/mol. The summed E-state index contributed by atoms with van der Waals surface area (Å²) < 4.78 is 14.8. The van der Waals surface area contributed by atoms with E-state index in [0.29, 0.717) is 35.6 Å². The van der Waals surface area contributed by atoms with Crippen molar-refractivity contribution in [1.29, 1.82) is 0 Å². The molecule has 0 aliphatic carbocycles. The molecule has 7 nitrogen and oxygen atoms in total. The zero-order valence-corrected chi connectivity index (χ0v) is 14.0. The minimum atomic E-state index is -0.815. The lowest BCUT2D eigenvalue weighted by atomic mass is 10.0. The highest BCUT2D eigenvalue weighted by Gasteiger charge is 2.35. The van der Waals surface area contributed by atoms with Crippen LogP contribution in [0.25, 0.3) is 5.65 Å². The molecule has 0 bridgehead atoms. The Bertz CT molecular complexity index is 998. The van der Waals surface area contributed by atoms with Gasteiger partial charge in [-0.15, -0.1) is 0 Å². The fourth-order valence-electron chi connectivity index (χ4n) is 3.22. The number of nitrogens with zero attached hydrogens (tertiary/aromatic N) is 4. The lowest BCUT2D eigenvalue weighted by molar-refractivity contribution is -0.128. The number of benzene rings is 1. The highest BCUT2D eigenvalue weighted by molar-refractivity contribution is 5.99. The molecule has 0 spiro atoms. The number of rotatable bonds is 2. The number of hydrogen-bond acceptors (Lipinski definition) is 4. The topological polar surface area (TPSA) is 79.6 Å². The van der Waals surface area contributed by atoms with Crippen molar-refractivity contribution < 1.29 is 14.0 Å². The fraction of sp³-hybridized carbons (Fsp3) is 0.222. The minimum absolute atomic E-state index is 0.290. The van der Waals surface area contributed by atoms with E-state index in [2.05, 4.69) is 15.4 Å². The number of carbonyl (C=O) groups excluding carboxylic acids is 2. The minimum Gasteiger partial charge on any atom is -0.352 e. The summed E-state index contributed by atoms with van der Waals surface area (Å²) in [7, 11) is 0. The summed E-state index contributed by atoms with van der Waals surface area (Å²) in [5.41, 5.74) is 2.23. The summed E-state index contributed by atoms with van der Waals surface area (Å²) in [6.07, 6.45) is 3.11. The van der Waals surface area contributed by atoms with E-state index in [-0.39, 0.29) is 11.8 Å². The van der Waals surface area contributed by atoms with E-state index in [1.165, 1.54) is 35.4 Å². The Labute approximate surface area is 148 Å². The van der Waals surface area contributed by atoms with Gasteiger partial charge in [-0.25, -0.2) is 13.9 Å². The Morgan fingerprint density at radius 3 is 2.81 bits per heavy atom. The maximum Gasteiger partial charge on any atom is 0.258 e. The van der Waals surface area contributed by atoms with Gasteiger partial charge in [0.15, 0.2) is 5.65 Å². The molecule has 8 heteroatoms. The van der Waals surface area contributed by atoms with Gasteiger partial charge in [-0.1, -0.05) is 12.1 Å². The molecule has 0 radical (unpaired) electrons. The first-order valence-electron chi connectivity index (χ1n) is 8.20. The summed E-state index contributed by atoms with van der Waals surface area (Å²) in [6.45, 7) is 2.49. The molecule has 0 saturated carbocycles. The largest absolute Gasteiger partial charge is 0.352 e. The molecule has 1 aliphatic heterocycles. The summed E-state index contributed by atoms with van der Waals surface area (Å²) in [4.78, 5) is 31.4. The first-order chi connectivity index (χ1) is 12.6. The van der Waals surface area contributed by atoms with Gasteiger partial charge in [0.2, 0.25) is 5.91 Å². The molecule has 132 valence electrons. The van der Waals surface area contributed by atoms with Crippen molar-refractivity contribution in [1.82, 2.24) is 24.8 Å². The third-order valence-electron chi connectivity index (χ3n) is 4.55. The second-order valence-corrected chi connectivity index (χ2v) is 6.10. The van der Waals surface area contributed by atoms with E-state index in [9.17, 15) is 14.0 Å². The molecule has 1 atom stereocenters. The van der Waals surface area contributed by atoms with Crippen molar-refractivity contribution in [3.63, 3.8) is 0 Å². The second-order valence-electron chi connectivity index (χ2n) is 6.10. The van der Waals surface area contributed by atoms with Crippen LogP contribution in [0, 0.1) is 12.7 Å². The fourth-order valence-corrected chi connectivity index (χ4v) is 3.22. The third kappa shape index (κ3) is 2.59. The molecule has 1 fully saturated rings. The van der Waals surface area contributed by atoms with Crippen molar-refractivity contribution in [3.8, 4) is 0 Å². The molecule has 1 saturated heterocycles. The van der Waals surface area contributed by atoms with Crippen LogP contribution in [-0.2, 0) is 4.79 Å². The van der Waals surface area contributed by atoms with Gasteiger partial charge in [-0.3, -0.25) is 9.59 Å². The molecule has 2 aromatic heterocycles. The van der Waals surface area contributed by atoms with Crippen molar-refractivity contribution in [2.24, 2.45) is 0 Å². The molecule has 3 aromatic rings. The van der Waals surface area contributed by atoms with E-state index in [1.54, 1.807) is 23.7 Å². The number of halogens is 1. The molecule has 0 unspecified atom stereocenters. The van der Waals surface area contributed by atoms with Crippen LogP contribution in [0.4, 0.5) is 4.39 Å². The maximum atomic E-state index is 13.2. The molecule has 1 aliphatic rings. The lowest BCUT2D eigenvalue weighted by Gasteiger charge is -2.35. The Kier molecular flexibility index (Phi) is 3.87. The van der Waals surface area contributed by atoms with E-state index in [1.807, 2.05) is 0 Å². The van der Waals surface area contributed by atoms with Crippen LogP contribution in [-0.4, -0.2) is 44.4 Å². The van der Waals surface area contributed by atoms with Crippen LogP contribution >= 0.6 is 0 Å². The van der Waals surface area contributed by atoms with Crippen LogP contribution in [0.1, 0.15) is 27.7 Å². The summed E-state index contributed by atoms with van der Waals surface area (Å²) in [6, 6.07) is 6.53. The Balaban J connectivity index is 1.75. The zero-order valence-electron chi connectivity index (χ0n) is 14.0. The highest BCUT2D eigenvalue weighted by Crippen LogP contribution is 2.26. The Hall–Kier alpha value is -3.29. The first-order valence-corrected chi connectivity index (χ1v) is 8.20. The van der Waals surface area contributed by atoms with Crippen molar-refractivity contribution in [3.05, 3.63) is 65.4 Å². The van der Waals surface area contributed by atoms with E-state index < -0.39 is 11.9 Å². The first kappa shape index (κ1) is 16.2. The Morgan fingerprint density at radius 1 is 1.27 bits per heavy atom. The second kappa shape index (κ2) is 6.21. The van der Waals surface area contributed by atoms with Crippen molar-refractivity contribution >= 4 is 17.5 Å². The summed E-state index contributed by atoms with van der Waals surface area (Å²) in [5, 5.41) is 6.93. The number of nitrogens with one attached hydrogen (secondary N) is 1. The molecular formula is C18H16FN5O2. The number of amides is 2. The molecule has 1 N–H and O–H groups in total. The van der Waals surface area contributed by atoms with Gasteiger partial charge in [-0.2, -0.15) is 5.10 Å². The molecule has 3 heterocycles. The number of carbonyl (C=O) groups is 2. The predicted octanol–water partition coefficient (Wildman–Crippen LogP) is 1.49. The summed E-state index contributed by atoms with van der Waals surface area (Å²) >= 11 is 0. The van der Waals surface area contributed by atoms with Gasteiger partial charge in [0, 0.05) is 25.4 Å². The average molecular weight is 353 g/mol. The van der Waals surface area contributed by atoms with Gasteiger partial charge in [-0.05, 0) is 24.6 Å². The van der Waals surface area contributed by atoms with Crippen LogP contribution in [0.2, 0.25) is 0 Å². The number of fused-ring (bicyclic) bond motifs is 1. The van der Waals surface area contributed by atoms with Gasteiger partial charge in [0.1, 0.15) is 11.9 Å². The summed E-state index contributed by atoms with van der Waals surface area (Å²) in [5.74, 6) is -0.995. The third-order valence-corrected chi connectivity index (χ3v) is 4.55. The maximum absolute atomic E-state index is 13.2. The number of piperazine rings is 1. The van der Waals surface area contributed by atoms with Crippen molar-refractivity contribution in [2.45, 2.75) is 13.0 Å². The van der Waals surface area contributed by atoms with Crippen LogP contribution in [0.5, 0.6) is 0 Å². The number of hydrogen-bond donors (Lipinski definition) is 1. The Morgan fingerprint density at radius 2 is 2.04 bits per heavy atom.